The van der Waals surface area contributed by atoms with Crippen LogP contribution in [0.15, 0.2) is 0 Å². The third-order valence-corrected chi connectivity index (χ3v) is 3.30. The molecule has 1 aromatic heterocycles. The van der Waals surface area contributed by atoms with Gasteiger partial charge in [-0.25, -0.2) is 0 Å². The topological polar surface area (TPSA) is 47.1 Å². The number of nitrogens with zero attached hydrogens (tertiary/aromatic N) is 3. The van der Waals surface area contributed by atoms with Gasteiger partial charge >= 0.3 is 0 Å². The Hall–Kier alpha value is -1.03. The van der Waals surface area contributed by atoms with Crippen molar-refractivity contribution in [2.45, 2.75) is 26.2 Å². The summed E-state index contributed by atoms with van der Waals surface area (Å²) in [5.41, 5.74) is 8.10. The van der Waals surface area contributed by atoms with E-state index in [4.69, 9.17) is 5.73 Å². The molecule has 0 unspecified atom stereocenters. The molecule has 2 N–H and O–H groups in total. The number of nitrogens with two attached hydrogens (primary N) is 1. The van der Waals surface area contributed by atoms with E-state index in [1.165, 1.54) is 24.2 Å². The summed E-state index contributed by atoms with van der Waals surface area (Å²) in [5, 5.41) is 4.50. The largest absolute Gasteiger partial charge is 0.359 e. The van der Waals surface area contributed by atoms with Gasteiger partial charge in [-0.05, 0) is 38.6 Å². The Bertz CT molecular complexity index is 365. The van der Waals surface area contributed by atoms with Crippen LogP contribution in [0.1, 0.15) is 24.1 Å². The monoisotopic (exact) mass is 222 g/mol. The second kappa shape index (κ2) is 4.45. The molecule has 1 fully saturated rings. The van der Waals surface area contributed by atoms with Crippen molar-refractivity contribution >= 4 is 5.82 Å². The van der Waals surface area contributed by atoms with Crippen molar-refractivity contribution in [3.63, 3.8) is 0 Å². The molecule has 90 valence electrons. The molecule has 0 amide bonds. The lowest BCUT2D eigenvalue weighted by molar-refractivity contribution is 0.702. The molecular formula is C12H22N4. The number of anilines is 1. The zero-order valence-electron chi connectivity index (χ0n) is 10.5. The number of hydrogen-bond acceptors (Lipinski definition) is 3. The zero-order valence-corrected chi connectivity index (χ0v) is 10.5. The van der Waals surface area contributed by atoms with Crippen molar-refractivity contribution in [2.24, 2.45) is 18.7 Å². The first-order valence-corrected chi connectivity index (χ1v) is 6.07. The summed E-state index contributed by atoms with van der Waals surface area (Å²) in [6, 6.07) is 0. The predicted octanol–water partition coefficient (Wildman–Crippen LogP) is 1.08. The molecule has 4 nitrogen and oxygen atoms in total. The van der Waals surface area contributed by atoms with Gasteiger partial charge in [-0.2, -0.15) is 5.10 Å². The average molecular weight is 222 g/mol. The third kappa shape index (κ3) is 2.21. The summed E-state index contributed by atoms with van der Waals surface area (Å²) >= 11 is 0. The highest BCUT2D eigenvalue weighted by Gasteiger charge is 2.25. The molecule has 1 saturated carbocycles. The number of hydrogen-bond donors (Lipinski definition) is 1. The van der Waals surface area contributed by atoms with E-state index in [2.05, 4.69) is 24.0 Å². The van der Waals surface area contributed by atoms with Crippen LogP contribution in [0.3, 0.4) is 0 Å². The quantitative estimate of drug-likeness (QED) is 0.811. The average Bonchev–Trinajstić information content (AvgIpc) is 2.95. The Morgan fingerprint density at radius 2 is 2.19 bits per heavy atom. The van der Waals surface area contributed by atoms with E-state index in [0.29, 0.717) is 6.54 Å². The van der Waals surface area contributed by atoms with E-state index in [-0.39, 0.29) is 0 Å². The molecule has 1 aromatic rings. The molecule has 0 atom stereocenters. The summed E-state index contributed by atoms with van der Waals surface area (Å²) in [7, 11) is 4.18. The lowest BCUT2D eigenvalue weighted by atomic mass is 10.1. The van der Waals surface area contributed by atoms with E-state index in [1.54, 1.807) is 0 Å². The number of aromatic nitrogens is 2. The van der Waals surface area contributed by atoms with Crippen molar-refractivity contribution in [2.75, 3.05) is 25.0 Å². The fraction of sp³-hybridized carbons (Fsp3) is 0.750. The third-order valence-electron chi connectivity index (χ3n) is 3.30. The first-order chi connectivity index (χ1) is 7.63. The molecule has 0 bridgehead atoms. The fourth-order valence-electron chi connectivity index (χ4n) is 2.38. The van der Waals surface area contributed by atoms with Crippen LogP contribution in [0.4, 0.5) is 5.82 Å². The van der Waals surface area contributed by atoms with E-state index in [0.717, 1.165) is 24.6 Å². The van der Waals surface area contributed by atoms with Crippen LogP contribution in [-0.2, 0) is 13.5 Å². The second-order valence-corrected chi connectivity index (χ2v) is 4.87. The van der Waals surface area contributed by atoms with Crippen molar-refractivity contribution in [1.82, 2.24) is 9.78 Å². The molecule has 0 spiro atoms. The SMILES string of the molecule is Cc1nn(C)c(N(C)CC2CC2)c1CCN. The molecular weight excluding hydrogens is 200 g/mol. The zero-order chi connectivity index (χ0) is 11.7. The summed E-state index contributed by atoms with van der Waals surface area (Å²) in [6.07, 6.45) is 3.69. The van der Waals surface area contributed by atoms with E-state index in [1.807, 2.05) is 11.7 Å². The van der Waals surface area contributed by atoms with Crippen LogP contribution in [0, 0.1) is 12.8 Å². The Balaban J connectivity index is 2.21. The second-order valence-electron chi connectivity index (χ2n) is 4.87. The van der Waals surface area contributed by atoms with Gasteiger partial charge in [-0.1, -0.05) is 0 Å². The molecule has 0 aromatic carbocycles. The van der Waals surface area contributed by atoms with E-state index < -0.39 is 0 Å². The van der Waals surface area contributed by atoms with Crippen LogP contribution in [-0.4, -0.2) is 29.9 Å². The molecule has 1 aliphatic rings. The van der Waals surface area contributed by atoms with Gasteiger partial charge in [0, 0.05) is 26.2 Å². The minimum absolute atomic E-state index is 0.691. The van der Waals surface area contributed by atoms with Crippen molar-refractivity contribution in [3.05, 3.63) is 11.3 Å². The molecule has 16 heavy (non-hydrogen) atoms. The Labute approximate surface area is 97.4 Å². The van der Waals surface area contributed by atoms with Gasteiger partial charge < -0.3 is 10.6 Å². The van der Waals surface area contributed by atoms with Gasteiger partial charge in [0.15, 0.2) is 0 Å². The van der Waals surface area contributed by atoms with Gasteiger partial charge in [0.25, 0.3) is 0 Å². The van der Waals surface area contributed by atoms with Crippen molar-refractivity contribution < 1.29 is 0 Å². The van der Waals surface area contributed by atoms with Crippen LogP contribution in [0.5, 0.6) is 0 Å². The maximum Gasteiger partial charge on any atom is 0.129 e. The Kier molecular flexibility index (Phi) is 3.19. The first-order valence-electron chi connectivity index (χ1n) is 6.07. The minimum atomic E-state index is 0.691. The summed E-state index contributed by atoms with van der Waals surface area (Å²) in [4.78, 5) is 2.34. The standard InChI is InChI=1S/C12H22N4/c1-9-11(6-7-13)12(16(3)14-9)15(2)8-10-4-5-10/h10H,4-8,13H2,1-3H3. The van der Waals surface area contributed by atoms with E-state index >= 15 is 0 Å². The molecule has 0 saturated heterocycles. The molecule has 4 heteroatoms. The molecule has 0 aliphatic heterocycles. The molecule has 0 radical (unpaired) electrons. The van der Waals surface area contributed by atoms with Crippen molar-refractivity contribution in [1.29, 1.82) is 0 Å². The van der Waals surface area contributed by atoms with Crippen LogP contribution in [0.25, 0.3) is 0 Å². The van der Waals surface area contributed by atoms with Gasteiger partial charge in [0.05, 0.1) is 5.69 Å². The lowest BCUT2D eigenvalue weighted by Crippen LogP contribution is -2.24. The molecule has 2 rings (SSSR count). The first kappa shape index (κ1) is 11.5. The number of aryl methyl sites for hydroxylation is 2. The van der Waals surface area contributed by atoms with Crippen LogP contribution >= 0.6 is 0 Å². The summed E-state index contributed by atoms with van der Waals surface area (Å²) in [5.74, 6) is 2.14. The maximum atomic E-state index is 5.67. The Morgan fingerprint density at radius 1 is 1.50 bits per heavy atom. The van der Waals surface area contributed by atoms with Gasteiger partial charge in [-0.3, -0.25) is 4.68 Å². The highest BCUT2D eigenvalue weighted by atomic mass is 15.4. The van der Waals surface area contributed by atoms with Gasteiger partial charge in [0.2, 0.25) is 0 Å². The Morgan fingerprint density at radius 3 is 2.75 bits per heavy atom. The van der Waals surface area contributed by atoms with Crippen molar-refractivity contribution in [3.8, 4) is 0 Å². The van der Waals surface area contributed by atoms with Gasteiger partial charge in [0.1, 0.15) is 5.82 Å². The van der Waals surface area contributed by atoms with E-state index in [9.17, 15) is 0 Å². The van der Waals surface area contributed by atoms with Crippen LogP contribution < -0.4 is 10.6 Å². The highest BCUT2D eigenvalue weighted by Crippen LogP contribution is 2.32. The number of rotatable bonds is 5. The van der Waals surface area contributed by atoms with Crippen LogP contribution in [0.2, 0.25) is 0 Å². The highest BCUT2D eigenvalue weighted by molar-refractivity contribution is 5.50. The fourth-order valence-corrected chi connectivity index (χ4v) is 2.38. The summed E-state index contributed by atoms with van der Waals surface area (Å²) in [6.45, 7) is 3.91. The maximum absolute atomic E-state index is 5.67. The van der Waals surface area contributed by atoms with Gasteiger partial charge in [-0.15, -0.1) is 0 Å². The smallest absolute Gasteiger partial charge is 0.129 e. The normalized spacial score (nSPS) is 15.5. The molecule has 1 heterocycles. The molecule has 1 aliphatic carbocycles. The minimum Gasteiger partial charge on any atom is -0.359 e. The lowest BCUT2D eigenvalue weighted by Gasteiger charge is -2.20. The summed E-state index contributed by atoms with van der Waals surface area (Å²) < 4.78 is 1.99. The predicted molar refractivity (Wildman–Crippen MR) is 66.7 cm³/mol.